The topological polar surface area (TPSA) is 67.2 Å². The van der Waals surface area contributed by atoms with E-state index >= 15 is 0 Å². The second kappa shape index (κ2) is 8.65. The number of carbonyl (C=O) groups is 2. The summed E-state index contributed by atoms with van der Waals surface area (Å²) in [5.74, 6) is 0.0279. The van der Waals surface area contributed by atoms with Crippen molar-refractivity contribution in [3.63, 3.8) is 0 Å². The van der Waals surface area contributed by atoms with Crippen LogP contribution in [0, 0.1) is 5.92 Å². The van der Waals surface area contributed by atoms with Crippen LogP contribution in [0.3, 0.4) is 0 Å². The highest BCUT2D eigenvalue weighted by Gasteiger charge is 2.28. The molecular formula is C20H26N4O2. The lowest BCUT2D eigenvalue weighted by molar-refractivity contribution is -0.134. The molecule has 138 valence electrons. The zero-order valence-corrected chi connectivity index (χ0v) is 15.2. The van der Waals surface area contributed by atoms with Gasteiger partial charge in [0.1, 0.15) is 0 Å². The Morgan fingerprint density at radius 2 is 2.08 bits per heavy atom. The minimum Gasteiger partial charge on any atom is -0.342 e. The molecule has 1 aromatic carbocycles. The van der Waals surface area contributed by atoms with Crippen molar-refractivity contribution in [1.29, 1.82) is 0 Å². The van der Waals surface area contributed by atoms with Gasteiger partial charge in [-0.1, -0.05) is 19.1 Å². The molecule has 6 nitrogen and oxygen atoms in total. The Balaban J connectivity index is 1.54. The van der Waals surface area contributed by atoms with Gasteiger partial charge in [-0.3, -0.25) is 14.3 Å². The Bertz CT molecular complexity index is 725. The number of rotatable bonds is 6. The molecule has 2 amide bonds. The summed E-state index contributed by atoms with van der Waals surface area (Å²) in [7, 11) is 0. The fraction of sp³-hybridized carbons (Fsp3) is 0.450. The van der Waals surface area contributed by atoms with Crippen LogP contribution in [0.2, 0.25) is 0 Å². The second-order valence-corrected chi connectivity index (χ2v) is 6.82. The maximum absolute atomic E-state index is 12.6. The first-order valence-corrected chi connectivity index (χ1v) is 9.30. The van der Waals surface area contributed by atoms with Crippen LogP contribution < -0.4 is 5.32 Å². The average Bonchev–Trinajstić information content (AvgIpc) is 3.17. The van der Waals surface area contributed by atoms with Crippen molar-refractivity contribution in [2.75, 3.05) is 18.4 Å². The van der Waals surface area contributed by atoms with Gasteiger partial charge in [-0.25, -0.2) is 0 Å². The molecular weight excluding hydrogens is 328 g/mol. The van der Waals surface area contributed by atoms with E-state index in [4.69, 9.17) is 0 Å². The third-order valence-corrected chi connectivity index (χ3v) is 4.73. The molecule has 1 N–H and O–H groups in total. The zero-order valence-electron chi connectivity index (χ0n) is 15.2. The van der Waals surface area contributed by atoms with Crippen LogP contribution in [0.1, 0.15) is 38.2 Å². The van der Waals surface area contributed by atoms with E-state index < -0.39 is 0 Å². The van der Waals surface area contributed by atoms with Crippen molar-refractivity contribution in [2.24, 2.45) is 5.92 Å². The molecule has 1 aromatic heterocycles. The third-order valence-electron chi connectivity index (χ3n) is 4.73. The summed E-state index contributed by atoms with van der Waals surface area (Å²) in [5, 5.41) is 7.18. The predicted octanol–water partition coefficient (Wildman–Crippen LogP) is 2.91. The number of hydrogen-bond donors (Lipinski definition) is 1. The molecule has 0 aliphatic carbocycles. The predicted molar refractivity (Wildman–Crippen MR) is 101 cm³/mol. The fourth-order valence-corrected chi connectivity index (χ4v) is 3.31. The summed E-state index contributed by atoms with van der Waals surface area (Å²) in [6, 6.07) is 9.72. The smallest absolute Gasteiger partial charge is 0.229 e. The van der Waals surface area contributed by atoms with Gasteiger partial charge in [-0.2, -0.15) is 5.10 Å². The largest absolute Gasteiger partial charge is 0.342 e. The van der Waals surface area contributed by atoms with Crippen molar-refractivity contribution in [3.05, 3.63) is 48.3 Å². The Morgan fingerprint density at radius 1 is 1.27 bits per heavy atom. The molecule has 1 fully saturated rings. The van der Waals surface area contributed by atoms with Gasteiger partial charge in [0.05, 0.1) is 12.5 Å². The highest BCUT2D eigenvalue weighted by Crippen LogP contribution is 2.20. The molecule has 1 aliphatic rings. The number of likely N-dealkylation sites (tertiary alicyclic amines) is 1. The molecule has 2 aromatic rings. The summed E-state index contributed by atoms with van der Waals surface area (Å²) < 4.78 is 1.86. The maximum atomic E-state index is 12.6. The molecule has 6 heteroatoms. The van der Waals surface area contributed by atoms with E-state index in [1.807, 2.05) is 53.0 Å². The normalized spacial score (nSPS) is 17.1. The number of nitrogens with one attached hydrogen (secondary N) is 1. The summed E-state index contributed by atoms with van der Waals surface area (Å²) in [6.07, 6.45) is 6.80. The number of piperidine rings is 1. The van der Waals surface area contributed by atoms with Crippen molar-refractivity contribution in [3.8, 4) is 0 Å². The van der Waals surface area contributed by atoms with Crippen LogP contribution in [0.15, 0.2) is 42.7 Å². The molecule has 1 saturated heterocycles. The van der Waals surface area contributed by atoms with E-state index in [1.165, 1.54) is 0 Å². The standard InChI is InChI=1S/C20H26N4O2/c1-2-5-19(25)23-12-3-6-17(15-23)20(26)22-18-9-7-16(8-10-18)14-24-13-4-11-21-24/h4,7-11,13,17H,2-3,5-6,12,14-15H2,1H3,(H,22,26). The summed E-state index contributed by atoms with van der Waals surface area (Å²) in [4.78, 5) is 26.5. The van der Waals surface area contributed by atoms with Crippen LogP contribution in [-0.2, 0) is 16.1 Å². The lowest BCUT2D eigenvalue weighted by Crippen LogP contribution is -2.43. The first kappa shape index (κ1) is 18.2. The number of aromatic nitrogens is 2. The Hall–Kier alpha value is -2.63. The van der Waals surface area contributed by atoms with Crippen LogP contribution in [0.5, 0.6) is 0 Å². The highest BCUT2D eigenvalue weighted by molar-refractivity contribution is 5.93. The second-order valence-electron chi connectivity index (χ2n) is 6.82. The number of amides is 2. The molecule has 26 heavy (non-hydrogen) atoms. The quantitative estimate of drug-likeness (QED) is 0.867. The van der Waals surface area contributed by atoms with Gasteiger partial charge in [0.25, 0.3) is 0 Å². The van der Waals surface area contributed by atoms with Gasteiger partial charge in [0.2, 0.25) is 11.8 Å². The number of benzene rings is 1. The number of nitrogens with zero attached hydrogens (tertiary/aromatic N) is 3. The molecule has 1 atom stereocenters. The SMILES string of the molecule is CCCC(=O)N1CCCC(C(=O)Nc2ccc(Cn3cccn3)cc2)C1. The fourth-order valence-electron chi connectivity index (χ4n) is 3.31. The van der Waals surface area contributed by atoms with Crippen molar-refractivity contribution in [1.82, 2.24) is 14.7 Å². The highest BCUT2D eigenvalue weighted by atomic mass is 16.2. The van der Waals surface area contributed by atoms with E-state index in [2.05, 4.69) is 10.4 Å². The summed E-state index contributed by atoms with van der Waals surface area (Å²) >= 11 is 0. The lowest BCUT2D eigenvalue weighted by atomic mass is 9.96. The minimum atomic E-state index is -0.131. The van der Waals surface area contributed by atoms with Crippen molar-refractivity contribution in [2.45, 2.75) is 39.2 Å². The average molecular weight is 354 g/mol. The van der Waals surface area contributed by atoms with Gasteiger partial charge in [-0.15, -0.1) is 0 Å². The van der Waals surface area contributed by atoms with Gasteiger partial charge in [-0.05, 0) is 43.0 Å². The number of carbonyl (C=O) groups excluding carboxylic acids is 2. The van der Waals surface area contributed by atoms with E-state index in [9.17, 15) is 9.59 Å². The zero-order chi connectivity index (χ0) is 18.4. The van der Waals surface area contributed by atoms with Crippen LogP contribution >= 0.6 is 0 Å². The van der Waals surface area contributed by atoms with E-state index in [-0.39, 0.29) is 17.7 Å². The molecule has 1 unspecified atom stereocenters. The van der Waals surface area contributed by atoms with Crippen molar-refractivity contribution >= 4 is 17.5 Å². The Kier molecular flexibility index (Phi) is 6.04. The maximum Gasteiger partial charge on any atom is 0.229 e. The molecule has 0 saturated carbocycles. The number of hydrogen-bond acceptors (Lipinski definition) is 3. The summed E-state index contributed by atoms with van der Waals surface area (Å²) in [5.41, 5.74) is 1.91. The van der Waals surface area contributed by atoms with E-state index in [0.29, 0.717) is 19.5 Å². The van der Waals surface area contributed by atoms with Gasteiger partial charge >= 0.3 is 0 Å². The van der Waals surface area contributed by atoms with Gasteiger partial charge < -0.3 is 10.2 Å². The first-order chi connectivity index (χ1) is 12.7. The van der Waals surface area contributed by atoms with E-state index in [1.54, 1.807) is 6.20 Å². The molecule has 0 bridgehead atoms. The van der Waals surface area contributed by atoms with Gasteiger partial charge in [0.15, 0.2) is 0 Å². The molecule has 2 heterocycles. The minimum absolute atomic E-state index is 0.00109. The van der Waals surface area contributed by atoms with Crippen LogP contribution in [-0.4, -0.2) is 39.6 Å². The summed E-state index contributed by atoms with van der Waals surface area (Å²) in [6.45, 7) is 4.01. The third kappa shape index (κ3) is 4.71. The molecule has 0 spiro atoms. The lowest BCUT2D eigenvalue weighted by Gasteiger charge is -2.32. The van der Waals surface area contributed by atoms with E-state index in [0.717, 1.165) is 37.1 Å². The Labute approximate surface area is 154 Å². The first-order valence-electron chi connectivity index (χ1n) is 9.30. The van der Waals surface area contributed by atoms with Crippen molar-refractivity contribution < 1.29 is 9.59 Å². The van der Waals surface area contributed by atoms with Crippen LogP contribution in [0.4, 0.5) is 5.69 Å². The van der Waals surface area contributed by atoms with Gasteiger partial charge in [0, 0.05) is 37.6 Å². The van der Waals surface area contributed by atoms with Crippen LogP contribution in [0.25, 0.3) is 0 Å². The molecule has 0 radical (unpaired) electrons. The Morgan fingerprint density at radius 3 is 2.77 bits per heavy atom. The number of anilines is 1. The monoisotopic (exact) mass is 354 g/mol. The molecule has 1 aliphatic heterocycles. The molecule has 3 rings (SSSR count).